The van der Waals surface area contributed by atoms with Crippen LogP contribution >= 0.6 is 11.3 Å². The fourth-order valence-electron chi connectivity index (χ4n) is 1.95. The van der Waals surface area contributed by atoms with Gasteiger partial charge in [-0.05, 0) is 34.2 Å². The second-order valence-corrected chi connectivity index (χ2v) is 5.85. The first-order valence-corrected chi connectivity index (χ1v) is 8.15. The summed E-state index contributed by atoms with van der Waals surface area (Å²) in [5, 5.41) is 18.8. The zero-order chi connectivity index (χ0) is 18.6. The monoisotopic (exact) mass is 380 g/mol. The molecular formula is C15H11F3N6OS. The van der Waals surface area contributed by atoms with E-state index in [0.717, 1.165) is 22.5 Å². The van der Waals surface area contributed by atoms with Crippen LogP contribution < -0.4 is 5.43 Å². The molecule has 0 saturated heterocycles. The van der Waals surface area contributed by atoms with Crippen LogP contribution in [0.3, 0.4) is 0 Å². The van der Waals surface area contributed by atoms with Crippen molar-refractivity contribution in [3.8, 4) is 11.4 Å². The van der Waals surface area contributed by atoms with Gasteiger partial charge in [-0.15, -0.1) is 10.2 Å². The highest BCUT2D eigenvalue weighted by molar-refractivity contribution is 7.08. The van der Waals surface area contributed by atoms with Crippen molar-refractivity contribution < 1.29 is 18.0 Å². The van der Waals surface area contributed by atoms with Crippen LogP contribution in [0.15, 0.2) is 46.2 Å². The Hall–Kier alpha value is -3.08. The van der Waals surface area contributed by atoms with Crippen molar-refractivity contribution >= 4 is 23.5 Å². The molecule has 1 N–H and O–H groups in total. The average molecular weight is 380 g/mol. The van der Waals surface area contributed by atoms with Gasteiger partial charge in [0.15, 0.2) is 0 Å². The molecule has 0 unspecified atom stereocenters. The molecule has 1 aromatic carbocycles. The van der Waals surface area contributed by atoms with Crippen LogP contribution in [0.2, 0.25) is 0 Å². The molecule has 0 atom stereocenters. The average Bonchev–Trinajstić information content (AvgIpc) is 3.26. The number of halogens is 3. The first-order valence-electron chi connectivity index (χ1n) is 7.21. The number of thiophene rings is 1. The molecule has 0 saturated carbocycles. The van der Waals surface area contributed by atoms with Gasteiger partial charge in [0.2, 0.25) is 5.82 Å². The molecule has 0 aliphatic carbocycles. The Morgan fingerprint density at radius 3 is 2.92 bits per heavy atom. The Morgan fingerprint density at radius 2 is 2.19 bits per heavy atom. The third-order valence-electron chi connectivity index (χ3n) is 3.13. The van der Waals surface area contributed by atoms with Crippen molar-refractivity contribution in [3.05, 3.63) is 52.2 Å². The number of tetrazole rings is 1. The second kappa shape index (κ2) is 7.44. The molecule has 0 bridgehead atoms. The van der Waals surface area contributed by atoms with Gasteiger partial charge in [-0.25, -0.2) is 5.43 Å². The highest BCUT2D eigenvalue weighted by Gasteiger charge is 2.30. The smallest absolute Gasteiger partial charge is 0.271 e. The number of benzene rings is 1. The van der Waals surface area contributed by atoms with E-state index in [2.05, 4.69) is 25.9 Å². The number of hydrogen-bond acceptors (Lipinski definition) is 6. The Kier molecular flexibility index (Phi) is 5.07. The minimum atomic E-state index is -4.47. The van der Waals surface area contributed by atoms with Crippen molar-refractivity contribution in [1.82, 2.24) is 25.6 Å². The number of rotatable bonds is 5. The van der Waals surface area contributed by atoms with Crippen LogP contribution in [-0.2, 0) is 17.5 Å². The summed E-state index contributed by atoms with van der Waals surface area (Å²) in [4.78, 5) is 12.7. The maximum atomic E-state index is 12.8. The highest BCUT2D eigenvalue weighted by Crippen LogP contribution is 2.31. The molecule has 3 aromatic rings. The van der Waals surface area contributed by atoms with Gasteiger partial charge in [-0.1, -0.05) is 12.1 Å². The number of nitrogens with zero attached hydrogens (tertiary/aromatic N) is 5. The van der Waals surface area contributed by atoms with Crippen LogP contribution in [0.1, 0.15) is 11.1 Å². The fourth-order valence-corrected chi connectivity index (χ4v) is 2.56. The van der Waals surface area contributed by atoms with E-state index in [-0.39, 0.29) is 17.9 Å². The summed E-state index contributed by atoms with van der Waals surface area (Å²) >= 11 is 1.50. The molecule has 0 fully saturated rings. The van der Waals surface area contributed by atoms with Gasteiger partial charge >= 0.3 is 6.18 Å². The summed E-state index contributed by atoms with van der Waals surface area (Å²) in [6.07, 6.45) is -2.98. The van der Waals surface area contributed by atoms with E-state index in [1.807, 2.05) is 16.8 Å². The summed E-state index contributed by atoms with van der Waals surface area (Å²) < 4.78 is 38.3. The highest BCUT2D eigenvalue weighted by atomic mass is 32.1. The number of amides is 1. The van der Waals surface area contributed by atoms with Gasteiger partial charge < -0.3 is 0 Å². The lowest BCUT2D eigenvalue weighted by Gasteiger charge is -2.06. The standard InChI is InChI=1S/C15H11F3N6OS/c16-15(17,18)12-3-1-2-11(6-12)14-21-23-24(22-14)8-13(25)20-19-7-10-4-5-26-9-10/h1-7,9H,8H2,(H,20,25)/b19-7-. The van der Waals surface area contributed by atoms with Crippen molar-refractivity contribution in [2.75, 3.05) is 0 Å². The van der Waals surface area contributed by atoms with Crippen molar-refractivity contribution in [3.63, 3.8) is 0 Å². The number of carbonyl (C=O) groups is 1. The van der Waals surface area contributed by atoms with E-state index >= 15 is 0 Å². The summed E-state index contributed by atoms with van der Waals surface area (Å²) in [6, 6.07) is 6.40. The molecule has 1 amide bonds. The quantitative estimate of drug-likeness (QED) is 0.545. The topological polar surface area (TPSA) is 85.1 Å². The van der Waals surface area contributed by atoms with Gasteiger partial charge in [0, 0.05) is 11.1 Å². The minimum absolute atomic E-state index is 0.00863. The van der Waals surface area contributed by atoms with E-state index < -0.39 is 17.6 Å². The van der Waals surface area contributed by atoms with Crippen LogP contribution in [0.25, 0.3) is 11.4 Å². The largest absolute Gasteiger partial charge is 0.416 e. The predicted octanol–water partition coefficient (Wildman–Crippen LogP) is 2.57. The number of nitrogens with one attached hydrogen (secondary N) is 1. The maximum Gasteiger partial charge on any atom is 0.416 e. The van der Waals surface area contributed by atoms with Crippen LogP contribution in [0.5, 0.6) is 0 Å². The Bertz CT molecular complexity index is 920. The predicted molar refractivity (Wildman–Crippen MR) is 88.3 cm³/mol. The number of hydrazone groups is 1. The van der Waals surface area contributed by atoms with Gasteiger partial charge in [-0.3, -0.25) is 4.79 Å². The van der Waals surface area contributed by atoms with Crippen molar-refractivity contribution in [2.24, 2.45) is 5.10 Å². The normalized spacial score (nSPS) is 11.8. The van der Waals surface area contributed by atoms with Gasteiger partial charge in [-0.2, -0.15) is 34.4 Å². The Balaban J connectivity index is 1.64. The molecule has 0 aliphatic rings. The Labute approximate surface area is 149 Å². The van der Waals surface area contributed by atoms with E-state index in [1.165, 1.54) is 29.7 Å². The minimum Gasteiger partial charge on any atom is -0.271 e. The summed E-state index contributed by atoms with van der Waals surface area (Å²) in [5.74, 6) is -0.504. The SMILES string of the molecule is O=C(Cn1nnc(-c2cccc(C(F)(F)F)c2)n1)N/N=C\c1ccsc1. The summed E-state index contributed by atoms with van der Waals surface area (Å²) in [6.45, 7) is -0.271. The lowest BCUT2D eigenvalue weighted by Crippen LogP contribution is -2.24. The maximum absolute atomic E-state index is 12.8. The molecule has 11 heteroatoms. The van der Waals surface area contributed by atoms with E-state index in [1.54, 1.807) is 0 Å². The third-order valence-corrected chi connectivity index (χ3v) is 3.83. The molecule has 0 spiro atoms. The van der Waals surface area contributed by atoms with E-state index in [9.17, 15) is 18.0 Å². The molecule has 26 heavy (non-hydrogen) atoms. The Morgan fingerprint density at radius 1 is 1.35 bits per heavy atom. The second-order valence-electron chi connectivity index (χ2n) is 5.07. The molecule has 134 valence electrons. The number of alkyl halides is 3. The molecule has 7 nitrogen and oxygen atoms in total. The van der Waals surface area contributed by atoms with Crippen LogP contribution in [-0.4, -0.2) is 32.3 Å². The van der Waals surface area contributed by atoms with Gasteiger partial charge in [0.05, 0.1) is 11.8 Å². The molecule has 0 aliphatic heterocycles. The summed E-state index contributed by atoms with van der Waals surface area (Å²) in [7, 11) is 0. The van der Waals surface area contributed by atoms with Crippen molar-refractivity contribution in [1.29, 1.82) is 0 Å². The third kappa shape index (κ3) is 4.51. The van der Waals surface area contributed by atoms with Crippen LogP contribution in [0, 0.1) is 0 Å². The van der Waals surface area contributed by atoms with Crippen LogP contribution in [0.4, 0.5) is 13.2 Å². The lowest BCUT2D eigenvalue weighted by atomic mass is 10.1. The fraction of sp³-hybridized carbons (Fsp3) is 0.133. The zero-order valence-electron chi connectivity index (χ0n) is 13.0. The molecular weight excluding hydrogens is 369 g/mol. The zero-order valence-corrected chi connectivity index (χ0v) is 13.8. The molecule has 3 rings (SSSR count). The molecule has 2 aromatic heterocycles. The van der Waals surface area contributed by atoms with Gasteiger partial charge in [0.25, 0.3) is 5.91 Å². The number of carbonyl (C=O) groups excluding carboxylic acids is 1. The number of aromatic nitrogens is 4. The molecule has 0 radical (unpaired) electrons. The van der Waals surface area contributed by atoms with E-state index in [4.69, 9.17) is 0 Å². The van der Waals surface area contributed by atoms with Crippen molar-refractivity contribution in [2.45, 2.75) is 12.7 Å². The molecule has 2 heterocycles. The summed E-state index contributed by atoms with van der Waals surface area (Å²) in [5.41, 5.74) is 2.49. The first-order chi connectivity index (χ1) is 12.4. The van der Waals surface area contributed by atoms with Gasteiger partial charge in [0.1, 0.15) is 6.54 Å². The van der Waals surface area contributed by atoms with E-state index in [0.29, 0.717) is 0 Å². The lowest BCUT2D eigenvalue weighted by molar-refractivity contribution is -0.137. The first kappa shape index (κ1) is 17.7. The number of hydrogen-bond donors (Lipinski definition) is 1.